The standard InChI is InChI=1S/C13H22N4/c1-3-6-11-7-4-5-8-17(11)13-10(2)12(14)15-9-16-13/h9,11H,3-8H2,1-2H3,(H2,14,15,16). The summed E-state index contributed by atoms with van der Waals surface area (Å²) in [5.41, 5.74) is 6.89. The van der Waals surface area contributed by atoms with Crippen LogP contribution in [0.15, 0.2) is 6.33 Å². The van der Waals surface area contributed by atoms with E-state index in [1.165, 1.54) is 32.1 Å². The van der Waals surface area contributed by atoms with Gasteiger partial charge in [0.15, 0.2) is 0 Å². The fraction of sp³-hybridized carbons (Fsp3) is 0.692. The number of rotatable bonds is 3. The summed E-state index contributed by atoms with van der Waals surface area (Å²) in [6, 6.07) is 0.627. The van der Waals surface area contributed by atoms with Crippen molar-refractivity contribution in [2.45, 2.75) is 52.0 Å². The molecule has 0 aromatic carbocycles. The molecule has 0 bridgehead atoms. The van der Waals surface area contributed by atoms with Gasteiger partial charge in [-0.15, -0.1) is 0 Å². The lowest BCUT2D eigenvalue weighted by Gasteiger charge is -2.37. The minimum atomic E-state index is 0.607. The van der Waals surface area contributed by atoms with Gasteiger partial charge in [-0.05, 0) is 32.6 Å². The van der Waals surface area contributed by atoms with E-state index >= 15 is 0 Å². The third-order valence-electron chi connectivity index (χ3n) is 3.62. The molecule has 4 nitrogen and oxygen atoms in total. The van der Waals surface area contributed by atoms with Crippen molar-refractivity contribution >= 4 is 11.6 Å². The summed E-state index contributed by atoms with van der Waals surface area (Å²) in [5.74, 6) is 1.64. The molecule has 0 aliphatic carbocycles. The van der Waals surface area contributed by atoms with E-state index in [0.29, 0.717) is 11.9 Å². The first-order valence-corrected chi connectivity index (χ1v) is 6.57. The van der Waals surface area contributed by atoms with Crippen LogP contribution < -0.4 is 10.6 Å². The number of nitrogens with two attached hydrogens (primary N) is 1. The molecular formula is C13H22N4. The number of nitrogens with zero attached hydrogens (tertiary/aromatic N) is 3. The Balaban J connectivity index is 2.26. The SMILES string of the molecule is CCCC1CCCCN1c1ncnc(N)c1C. The Bertz CT molecular complexity index is 376. The second-order valence-corrected chi connectivity index (χ2v) is 4.84. The van der Waals surface area contributed by atoms with Gasteiger partial charge in [0.1, 0.15) is 18.0 Å². The van der Waals surface area contributed by atoms with Gasteiger partial charge < -0.3 is 10.6 Å². The lowest BCUT2D eigenvalue weighted by Crippen LogP contribution is -2.40. The molecule has 0 saturated carbocycles. The molecule has 1 aromatic rings. The summed E-state index contributed by atoms with van der Waals surface area (Å²) < 4.78 is 0. The molecule has 1 atom stereocenters. The first-order chi connectivity index (χ1) is 8.24. The van der Waals surface area contributed by atoms with Crippen molar-refractivity contribution in [3.05, 3.63) is 11.9 Å². The molecule has 94 valence electrons. The average Bonchev–Trinajstić information content (AvgIpc) is 2.34. The van der Waals surface area contributed by atoms with Gasteiger partial charge in [0, 0.05) is 18.2 Å². The maximum atomic E-state index is 5.87. The van der Waals surface area contributed by atoms with E-state index in [2.05, 4.69) is 21.8 Å². The molecule has 1 aromatic heterocycles. The summed E-state index contributed by atoms with van der Waals surface area (Å²) in [5, 5.41) is 0. The lowest BCUT2D eigenvalue weighted by atomic mass is 9.98. The molecule has 1 unspecified atom stereocenters. The summed E-state index contributed by atoms with van der Waals surface area (Å²) in [7, 11) is 0. The molecule has 4 heteroatoms. The normalized spacial score (nSPS) is 20.6. The van der Waals surface area contributed by atoms with Crippen molar-refractivity contribution in [1.82, 2.24) is 9.97 Å². The van der Waals surface area contributed by atoms with Crippen LogP contribution in [0.5, 0.6) is 0 Å². The third-order valence-corrected chi connectivity index (χ3v) is 3.62. The van der Waals surface area contributed by atoms with Crippen molar-refractivity contribution in [3.8, 4) is 0 Å². The number of hydrogen-bond acceptors (Lipinski definition) is 4. The zero-order chi connectivity index (χ0) is 12.3. The fourth-order valence-electron chi connectivity index (χ4n) is 2.66. The van der Waals surface area contributed by atoms with Gasteiger partial charge in [-0.25, -0.2) is 9.97 Å². The Morgan fingerprint density at radius 1 is 1.41 bits per heavy atom. The van der Waals surface area contributed by atoms with Gasteiger partial charge in [0.05, 0.1) is 0 Å². The number of hydrogen-bond donors (Lipinski definition) is 1. The zero-order valence-electron chi connectivity index (χ0n) is 10.8. The number of piperidine rings is 1. The molecule has 0 spiro atoms. The van der Waals surface area contributed by atoms with E-state index in [1.807, 2.05) is 6.92 Å². The summed E-state index contributed by atoms with van der Waals surface area (Å²) in [4.78, 5) is 10.9. The van der Waals surface area contributed by atoms with E-state index in [0.717, 1.165) is 17.9 Å². The van der Waals surface area contributed by atoms with Gasteiger partial charge in [-0.2, -0.15) is 0 Å². The average molecular weight is 234 g/mol. The quantitative estimate of drug-likeness (QED) is 0.873. The van der Waals surface area contributed by atoms with Crippen LogP contribution >= 0.6 is 0 Å². The van der Waals surface area contributed by atoms with Crippen LogP contribution in [0.25, 0.3) is 0 Å². The largest absolute Gasteiger partial charge is 0.383 e. The molecule has 2 N–H and O–H groups in total. The van der Waals surface area contributed by atoms with Gasteiger partial charge in [-0.3, -0.25) is 0 Å². The highest BCUT2D eigenvalue weighted by Gasteiger charge is 2.24. The van der Waals surface area contributed by atoms with E-state index in [-0.39, 0.29) is 0 Å². The molecule has 2 rings (SSSR count). The van der Waals surface area contributed by atoms with Crippen molar-refractivity contribution < 1.29 is 0 Å². The van der Waals surface area contributed by atoms with Gasteiger partial charge in [0.2, 0.25) is 0 Å². The lowest BCUT2D eigenvalue weighted by molar-refractivity contribution is 0.431. The molecule has 1 fully saturated rings. The molecule has 1 aliphatic heterocycles. The maximum Gasteiger partial charge on any atom is 0.137 e. The van der Waals surface area contributed by atoms with E-state index < -0.39 is 0 Å². The highest BCUT2D eigenvalue weighted by molar-refractivity contribution is 5.56. The second-order valence-electron chi connectivity index (χ2n) is 4.84. The first-order valence-electron chi connectivity index (χ1n) is 6.57. The first kappa shape index (κ1) is 12.1. The molecule has 2 heterocycles. The van der Waals surface area contributed by atoms with Crippen LogP contribution in [0.4, 0.5) is 11.6 Å². The number of nitrogen functional groups attached to an aromatic ring is 1. The molecular weight excluding hydrogens is 212 g/mol. The van der Waals surface area contributed by atoms with Crippen LogP contribution in [-0.2, 0) is 0 Å². The highest BCUT2D eigenvalue weighted by atomic mass is 15.2. The van der Waals surface area contributed by atoms with Gasteiger partial charge in [-0.1, -0.05) is 13.3 Å². The number of anilines is 2. The van der Waals surface area contributed by atoms with Crippen LogP contribution in [0, 0.1) is 6.92 Å². The van der Waals surface area contributed by atoms with Crippen LogP contribution in [0.2, 0.25) is 0 Å². The monoisotopic (exact) mass is 234 g/mol. The topological polar surface area (TPSA) is 55.0 Å². The molecule has 17 heavy (non-hydrogen) atoms. The van der Waals surface area contributed by atoms with Crippen LogP contribution in [0.3, 0.4) is 0 Å². The van der Waals surface area contributed by atoms with Crippen molar-refractivity contribution in [3.63, 3.8) is 0 Å². The smallest absolute Gasteiger partial charge is 0.137 e. The van der Waals surface area contributed by atoms with E-state index in [4.69, 9.17) is 5.73 Å². The Kier molecular flexibility index (Phi) is 3.82. The predicted octanol–water partition coefficient (Wildman–Crippen LogP) is 2.53. The minimum absolute atomic E-state index is 0.607. The van der Waals surface area contributed by atoms with E-state index in [9.17, 15) is 0 Å². The Morgan fingerprint density at radius 3 is 3.00 bits per heavy atom. The zero-order valence-corrected chi connectivity index (χ0v) is 10.8. The van der Waals surface area contributed by atoms with Gasteiger partial charge >= 0.3 is 0 Å². The maximum absolute atomic E-state index is 5.87. The predicted molar refractivity (Wildman–Crippen MR) is 71.1 cm³/mol. The minimum Gasteiger partial charge on any atom is -0.383 e. The van der Waals surface area contributed by atoms with Crippen molar-refractivity contribution in [2.24, 2.45) is 0 Å². The summed E-state index contributed by atoms with van der Waals surface area (Å²) in [6.45, 7) is 5.36. The molecule has 1 aliphatic rings. The second kappa shape index (κ2) is 5.34. The van der Waals surface area contributed by atoms with E-state index in [1.54, 1.807) is 6.33 Å². The molecule has 0 radical (unpaired) electrons. The number of aromatic nitrogens is 2. The summed E-state index contributed by atoms with van der Waals surface area (Å²) >= 11 is 0. The Labute approximate surface area is 103 Å². The van der Waals surface area contributed by atoms with Gasteiger partial charge in [0.25, 0.3) is 0 Å². The molecule has 0 amide bonds. The third kappa shape index (κ3) is 2.51. The molecule has 1 saturated heterocycles. The highest BCUT2D eigenvalue weighted by Crippen LogP contribution is 2.29. The Hall–Kier alpha value is -1.32. The van der Waals surface area contributed by atoms with Crippen molar-refractivity contribution in [1.29, 1.82) is 0 Å². The van der Waals surface area contributed by atoms with Crippen molar-refractivity contribution in [2.75, 3.05) is 17.2 Å². The fourth-order valence-corrected chi connectivity index (χ4v) is 2.66. The van der Waals surface area contributed by atoms with Crippen LogP contribution in [0.1, 0.15) is 44.6 Å². The van der Waals surface area contributed by atoms with Crippen LogP contribution in [-0.4, -0.2) is 22.6 Å². The summed E-state index contributed by atoms with van der Waals surface area (Å²) in [6.07, 6.45) is 7.90. The Morgan fingerprint density at radius 2 is 2.24 bits per heavy atom.